The molecule has 0 aliphatic carbocycles. The number of H-pyrrole nitrogens is 1. The summed E-state index contributed by atoms with van der Waals surface area (Å²) < 4.78 is 17.9. The molecule has 2 fully saturated rings. The minimum Gasteiger partial charge on any atom is -0.394 e. The second kappa shape index (κ2) is 4.48. The number of nitrogens with zero attached hydrogens (tertiary/aromatic N) is 2. The van der Waals surface area contributed by atoms with Gasteiger partial charge < -0.3 is 19.3 Å². The van der Waals surface area contributed by atoms with Gasteiger partial charge in [0.15, 0.2) is 12.0 Å². The highest BCUT2D eigenvalue weighted by Crippen LogP contribution is 2.41. The van der Waals surface area contributed by atoms with Crippen molar-refractivity contribution >= 4 is 0 Å². The lowest BCUT2D eigenvalue weighted by atomic mass is 10.1. The van der Waals surface area contributed by atoms with Crippen LogP contribution in [0.5, 0.6) is 0 Å². The van der Waals surface area contributed by atoms with Gasteiger partial charge in [-0.15, -0.1) is 0 Å². The number of nitrogens with one attached hydrogen (secondary N) is 1. The Bertz CT molecular complexity index is 623. The van der Waals surface area contributed by atoms with E-state index in [0.717, 1.165) is 10.9 Å². The predicted octanol–water partition coefficient (Wildman–Crippen LogP) is -1.66. The third-order valence-electron chi connectivity index (χ3n) is 3.28. The molecule has 0 saturated carbocycles. The fourth-order valence-electron chi connectivity index (χ4n) is 2.55. The highest BCUT2D eigenvalue weighted by molar-refractivity contribution is 4.96. The van der Waals surface area contributed by atoms with E-state index in [-0.39, 0.29) is 6.61 Å². The number of fused-ring (bicyclic) bond motifs is 1. The molecule has 2 saturated heterocycles. The molecular formula is C11H15N3O6. The lowest BCUT2D eigenvalue weighted by Gasteiger charge is -2.23. The Labute approximate surface area is 113 Å². The van der Waals surface area contributed by atoms with E-state index in [1.165, 1.54) is 0 Å². The standard InChI is InChI=1S/C11H15N3O6/c1-11(2)19-7-5(4-15)18-9(8(7)20-11)14-10(17)13-6(16)3-12-14/h3,5,7-9,15H,4H2,1-2H3,(H,13,16,17). The van der Waals surface area contributed by atoms with Crippen LogP contribution in [0, 0.1) is 0 Å². The van der Waals surface area contributed by atoms with Crippen molar-refractivity contribution in [1.29, 1.82) is 0 Å². The van der Waals surface area contributed by atoms with Crippen LogP contribution in [0.3, 0.4) is 0 Å². The number of aromatic amines is 1. The third-order valence-corrected chi connectivity index (χ3v) is 3.28. The van der Waals surface area contributed by atoms with Gasteiger partial charge >= 0.3 is 5.69 Å². The van der Waals surface area contributed by atoms with Crippen molar-refractivity contribution in [2.45, 2.75) is 44.2 Å². The fourth-order valence-corrected chi connectivity index (χ4v) is 2.55. The van der Waals surface area contributed by atoms with E-state index in [1.54, 1.807) is 13.8 Å². The lowest BCUT2D eigenvalue weighted by Crippen LogP contribution is -2.39. The number of aliphatic hydroxyl groups excluding tert-OH is 1. The molecule has 2 aliphatic rings. The summed E-state index contributed by atoms with van der Waals surface area (Å²) in [4.78, 5) is 24.9. The number of hydrogen-bond donors (Lipinski definition) is 2. The molecule has 20 heavy (non-hydrogen) atoms. The first kappa shape index (κ1) is 13.4. The van der Waals surface area contributed by atoms with Crippen molar-refractivity contribution in [2.75, 3.05) is 6.61 Å². The number of ether oxygens (including phenoxy) is 3. The zero-order valence-corrected chi connectivity index (χ0v) is 11.0. The Hall–Kier alpha value is -1.55. The molecule has 2 aliphatic heterocycles. The van der Waals surface area contributed by atoms with Gasteiger partial charge in [0.1, 0.15) is 24.5 Å². The molecule has 9 heteroatoms. The van der Waals surface area contributed by atoms with Crippen LogP contribution in [-0.2, 0) is 14.2 Å². The number of aromatic nitrogens is 3. The molecule has 0 aromatic carbocycles. The van der Waals surface area contributed by atoms with Crippen molar-refractivity contribution in [2.24, 2.45) is 0 Å². The molecule has 0 radical (unpaired) electrons. The van der Waals surface area contributed by atoms with Gasteiger partial charge in [-0.05, 0) is 13.8 Å². The van der Waals surface area contributed by atoms with Gasteiger partial charge in [-0.2, -0.15) is 9.78 Å². The summed E-state index contributed by atoms with van der Waals surface area (Å²) >= 11 is 0. The number of aliphatic hydroxyl groups is 1. The summed E-state index contributed by atoms with van der Waals surface area (Å²) in [6.45, 7) is 3.20. The van der Waals surface area contributed by atoms with Gasteiger partial charge in [-0.1, -0.05) is 0 Å². The summed E-state index contributed by atoms with van der Waals surface area (Å²) in [7, 11) is 0. The van der Waals surface area contributed by atoms with E-state index in [1.807, 2.05) is 0 Å². The second-order valence-corrected chi connectivity index (χ2v) is 5.20. The monoisotopic (exact) mass is 285 g/mol. The Kier molecular flexibility index (Phi) is 3.01. The number of rotatable bonds is 2. The maximum Gasteiger partial charge on any atom is 0.347 e. The molecule has 4 unspecified atom stereocenters. The molecule has 1 aromatic rings. The molecule has 0 spiro atoms. The van der Waals surface area contributed by atoms with Crippen molar-refractivity contribution in [3.63, 3.8) is 0 Å². The van der Waals surface area contributed by atoms with Crippen LogP contribution in [0.25, 0.3) is 0 Å². The second-order valence-electron chi connectivity index (χ2n) is 5.20. The van der Waals surface area contributed by atoms with Crippen molar-refractivity contribution in [3.8, 4) is 0 Å². The Morgan fingerprint density at radius 2 is 2.10 bits per heavy atom. The first-order valence-corrected chi connectivity index (χ1v) is 6.21. The summed E-state index contributed by atoms with van der Waals surface area (Å²) in [6.07, 6.45) is -1.58. The highest BCUT2D eigenvalue weighted by atomic mass is 16.8. The molecule has 4 atom stereocenters. The van der Waals surface area contributed by atoms with E-state index in [0.29, 0.717) is 0 Å². The first-order chi connectivity index (χ1) is 9.41. The SMILES string of the molecule is CC1(C)OC2C(CO)OC(n3ncc(=O)[nH]c3=O)C2O1. The van der Waals surface area contributed by atoms with Crippen LogP contribution in [0.15, 0.2) is 15.8 Å². The molecule has 2 N–H and O–H groups in total. The quantitative estimate of drug-likeness (QED) is 0.668. The fraction of sp³-hybridized carbons (Fsp3) is 0.727. The Balaban J connectivity index is 1.98. The highest BCUT2D eigenvalue weighted by Gasteiger charge is 2.56. The summed E-state index contributed by atoms with van der Waals surface area (Å²) in [5.74, 6) is -0.837. The van der Waals surface area contributed by atoms with Crippen LogP contribution in [-0.4, -0.2) is 50.6 Å². The molecular weight excluding hydrogens is 270 g/mol. The molecule has 3 rings (SSSR count). The van der Waals surface area contributed by atoms with Gasteiger partial charge in [-0.25, -0.2) is 4.79 Å². The molecule has 9 nitrogen and oxygen atoms in total. The van der Waals surface area contributed by atoms with Gasteiger partial charge in [0.05, 0.1) is 6.61 Å². The van der Waals surface area contributed by atoms with Crippen LogP contribution in [0.1, 0.15) is 20.1 Å². The molecule has 0 bridgehead atoms. The molecule has 110 valence electrons. The average Bonchev–Trinajstić information content (AvgIpc) is 2.83. The van der Waals surface area contributed by atoms with Crippen molar-refractivity contribution in [3.05, 3.63) is 27.0 Å². The van der Waals surface area contributed by atoms with Crippen molar-refractivity contribution < 1.29 is 19.3 Å². The zero-order valence-electron chi connectivity index (χ0n) is 11.0. The molecule has 3 heterocycles. The predicted molar refractivity (Wildman–Crippen MR) is 63.9 cm³/mol. The van der Waals surface area contributed by atoms with Gasteiger partial charge in [0.2, 0.25) is 0 Å². The third kappa shape index (κ3) is 2.08. The summed E-state index contributed by atoms with van der Waals surface area (Å²) in [5, 5.41) is 13.1. The van der Waals surface area contributed by atoms with E-state index in [9.17, 15) is 14.7 Å². The topological polar surface area (TPSA) is 116 Å². The van der Waals surface area contributed by atoms with Crippen LogP contribution in [0.4, 0.5) is 0 Å². The normalized spacial score (nSPS) is 35.1. The molecule has 1 aromatic heterocycles. The molecule has 0 amide bonds. The van der Waals surface area contributed by atoms with Crippen LogP contribution in [0.2, 0.25) is 0 Å². The zero-order chi connectivity index (χ0) is 14.5. The van der Waals surface area contributed by atoms with Gasteiger partial charge in [0, 0.05) is 0 Å². The van der Waals surface area contributed by atoms with E-state index in [2.05, 4.69) is 10.1 Å². The minimum absolute atomic E-state index is 0.269. The van der Waals surface area contributed by atoms with Crippen molar-refractivity contribution in [1.82, 2.24) is 14.8 Å². The lowest BCUT2D eigenvalue weighted by molar-refractivity contribution is -0.202. The average molecular weight is 285 g/mol. The van der Waals surface area contributed by atoms with E-state index < -0.39 is 41.6 Å². The van der Waals surface area contributed by atoms with Crippen LogP contribution >= 0.6 is 0 Å². The minimum atomic E-state index is -0.858. The number of hydrogen-bond acceptors (Lipinski definition) is 7. The maximum atomic E-state index is 11.8. The van der Waals surface area contributed by atoms with E-state index in [4.69, 9.17) is 14.2 Å². The van der Waals surface area contributed by atoms with Crippen LogP contribution < -0.4 is 11.2 Å². The largest absolute Gasteiger partial charge is 0.394 e. The first-order valence-electron chi connectivity index (χ1n) is 6.21. The Morgan fingerprint density at radius 3 is 2.75 bits per heavy atom. The summed E-state index contributed by atoms with van der Waals surface area (Å²) in [6, 6.07) is 0. The smallest absolute Gasteiger partial charge is 0.347 e. The van der Waals surface area contributed by atoms with Gasteiger partial charge in [0.25, 0.3) is 5.56 Å². The summed E-state index contributed by atoms with van der Waals surface area (Å²) in [5.41, 5.74) is -1.29. The van der Waals surface area contributed by atoms with Gasteiger partial charge in [-0.3, -0.25) is 9.78 Å². The van der Waals surface area contributed by atoms with E-state index >= 15 is 0 Å². The Morgan fingerprint density at radius 1 is 1.40 bits per heavy atom. The maximum absolute atomic E-state index is 11.8.